The van der Waals surface area contributed by atoms with Crippen molar-refractivity contribution in [2.24, 2.45) is 0 Å². The molecule has 27 heavy (non-hydrogen) atoms. The summed E-state index contributed by atoms with van der Waals surface area (Å²) in [6.45, 7) is 5.91. The van der Waals surface area contributed by atoms with Gasteiger partial charge in [-0.15, -0.1) is 0 Å². The predicted octanol–water partition coefficient (Wildman–Crippen LogP) is 1.77. The molecular weight excluding hydrogens is 340 g/mol. The third-order valence-corrected chi connectivity index (χ3v) is 5.67. The van der Waals surface area contributed by atoms with Crippen LogP contribution in [-0.4, -0.2) is 52.7 Å². The highest BCUT2D eigenvalue weighted by Crippen LogP contribution is 2.32. The number of para-hydroxylation sites is 1. The van der Waals surface area contributed by atoms with E-state index in [1.54, 1.807) is 10.8 Å². The molecule has 2 aliphatic heterocycles. The minimum absolute atomic E-state index is 0.0512. The summed E-state index contributed by atoms with van der Waals surface area (Å²) in [5.41, 5.74) is 2.59. The molecule has 1 N–H and O–H groups in total. The van der Waals surface area contributed by atoms with Gasteiger partial charge in [-0.2, -0.15) is 0 Å². The predicted molar refractivity (Wildman–Crippen MR) is 105 cm³/mol. The maximum Gasteiger partial charge on any atom is 0.279 e. The minimum atomic E-state index is -0.102. The molecule has 2 aliphatic rings. The highest BCUT2D eigenvalue weighted by Gasteiger charge is 2.32. The fourth-order valence-corrected chi connectivity index (χ4v) is 4.35. The van der Waals surface area contributed by atoms with Crippen molar-refractivity contribution >= 4 is 16.8 Å². The number of benzene rings is 1. The monoisotopic (exact) mass is 362 g/mol. The Hall–Kier alpha value is -2.70. The first-order chi connectivity index (χ1) is 13.3. The lowest BCUT2D eigenvalue weighted by molar-refractivity contribution is 0.0960. The zero-order valence-electron chi connectivity index (χ0n) is 15.1. The van der Waals surface area contributed by atoms with E-state index < -0.39 is 0 Å². The van der Waals surface area contributed by atoms with Crippen LogP contribution in [0.25, 0.3) is 22.2 Å². The van der Waals surface area contributed by atoms with Gasteiger partial charge in [0.2, 0.25) is 0 Å². The Morgan fingerprint density at radius 1 is 0.963 bits per heavy atom. The Bertz CT molecular complexity index is 1090. The molecule has 6 heteroatoms. The SMILES string of the molecule is O=C1c2c(c(=O)c3ccccc3n2CCCN2CCNCC2)-c2cccn21. The molecule has 0 radical (unpaired) electrons. The van der Waals surface area contributed by atoms with Crippen LogP contribution in [-0.2, 0) is 6.54 Å². The van der Waals surface area contributed by atoms with Crippen molar-refractivity contribution < 1.29 is 4.79 Å². The van der Waals surface area contributed by atoms with E-state index in [1.165, 1.54) is 0 Å². The van der Waals surface area contributed by atoms with Crippen molar-refractivity contribution in [2.45, 2.75) is 13.0 Å². The summed E-state index contributed by atoms with van der Waals surface area (Å²) >= 11 is 0. The Balaban J connectivity index is 1.58. The third kappa shape index (κ3) is 2.56. The quantitative estimate of drug-likeness (QED) is 0.601. The molecule has 0 aliphatic carbocycles. The number of carbonyl (C=O) groups is 1. The molecule has 4 heterocycles. The molecule has 1 saturated heterocycles. The van der Waals surface area contributed by atoms with Gasteiger partial charge in [-0.1, -0.05) is 12.1 Å². The van der Waals surface area contributed by atoms with E-state index in [0.717, 1.165) is 51.2 Å². The van der Waals surface area contributed by atoms with Crippen LogP contribution in [0.3, 0.4) is 0 Å². The van der Waals surface area contributed by atoms with E-state index in [4.69, 9.17) is 0 Å². The topological polar surface area (TPSA) is 59.3 Å². The van der Waals surface area contributed by atoms with Crippen LogP contribution in [0.2, 0.25) is 0 Å². The molecule has 5 rings (SSSR count). The minimum Gasteiger partial charge on any atom is -0.336 e. The zero-order valence-corrected chi connectivity index (χ0v) is 15.1. The molecule has 1 aromatic carbocycles. The van der Waals surface area contributed by atoms with Crippen LogP contribution in [0.15, 0.2) is 47.4 Å². The molecule has 0 atom stereocenters. The summed E-state index contributed by atoms with van der Waals surface area (Å²) < 4.78 is 3.65. The van der Waals surface area contributed by atoms with E-state index in [1.807, 2.05) is 36.4 Å². The largest absolute Gasteiger partial charge is 0.336 e. The number of carbonyl (C=O) groups excluding carboxylic acids is 1. The number of rotatable bonds is 4. The summed E-state index contributed by atoms with van der Waals surface area (Å²) in [4.78, 5) is 28.6. The second-order valence-electron chi connectivity index (χ2n) is 7.24. The summed E-state index contributed by atoms with van der Waals surface area (Å²) in [7, 11) is 0. The number of nitrogens with one attached hydrogen (secondary N) is 1. The number of nitrogens with zero attached hydrogens (tertiary/aromatic N) is 3. The van der Waals surface area contributed by atoms with Crippen LogP contribution < -0.4 is 10.7 Å². The van der Waals surface area contributed by atoms with Crippen molar-refractivity contribution in [1.29, 1.82) is 0 Å². The first kappa shape index (κ1) is 16.5. The summed E-state index contributed by atoms with van der Waals surface area (Å²) in [6, 6.07) is 11.3. The van der Waals surface area contributed by atoms with Gasteiger partial charge in [0.15, 0.2) is 5.43 Å². The smallest absolute Gasteiger partial charge is 0.279 e. The molecule has 0 saturated carbocycles. The van der Waals surface area contributed by atoms with Crippen LogP contribution in [0.1, 0.15) is 16.9 Å². The highest BCUT2D eigenvalue weighted by molar-refractivity contribution is 6.09. The van der Waals surface area contributed by atoms with E-state index >= 15 is 0 Å². The Morgan fingerprint density at radius 2 is 1.78 bits per heavy atom. The normalized spacial score (nSPS) is 16.7. The Kier molecular flexibility index (Phi) is 3.95. The van der Waals surface area contributed by atoms with E-state index in [-0.39, 0.29) is 11.3 Å². The number of hydrogen-bond acceptors (Lipinski definition) is 4. The van der Waals surface area contributed by atoms with Crippen molar-refractivity contribution in [1.82, 2.24) is 19.4 Å². The van der Waals surface area contributed by atoms with E-state index in [0.29, 0.717) is 22.3 Å². The molecular formula is C21H22N4O2. The van der Waals surface area contributed by atoms with Gasteiger partial charge in [0, 0.05) is 44.3 Å². The van der Waals surface area contributed by atoms with Gasteiger partial charge in [0.25, 0.3) is 5.91 Å². The number of aryl methyl sites for hydroxylation is 1. The molecule has 138 valence electrons. The number of hydrogen-bond donors (Lipinski definition) is 1. The van der Waals surface area contributed by atoms with Crippen molar-refractivity contribution in [3.8, 4) is 11.3 Å². The third-order valence-electron chi connectivity index (χ3n) is 5.67. The maximum absolute atomic E-state index is 13.1. The van der Waals surface area contributed by atoms with E-state index in [9.17, 15) is 9.59 Å². The molecule has 2 aromatic heterocycles. The van der Waals surface area contributed by atoms with Crippen LogP contribution in [0.4, 0.5) is 0 Å². The maximum atomic E-state index is 13.1. The molecule has 0 unspecified atom stereocenters. The molecule has 6 nitrogen and oxygen atoms in total. The summed E-state index contributed by atoms with van der Waals surface area (Å²) in [5, 5.41) is 4.05. The van der Waals surface area contributed by atoms with E-state index in [2.05, 4.69) is 14.8 Å². The van der Waals surface area contributed by atoms with Crippen LogP contribution in [0.5, 0.6) is 0 Å². The molecule has 1 fully saturated rings. The second kappa shape index (κ2) is 6.48. The van der Waals surface area contributed by atoms with Gasteiger partial charge in [-0.05, 0) is 37.2 Å². The van der Waals surface area contributed by atoms with Crippen molar-refractivity contribution in [3.05, 3.63) is 58.5 Å². The van der Waals surface area contributed by atoms with Crippen molar-refractivity contribution in [2.75, 3.05) is 32.7 Å². The lowest BCUT2D eigenvalue weighted by atomic mass is 10.1. The van der Waals surface area contributed by atoms with Crippen LogP contribution >= 0.6 is 0 Å². The highest BCUT2D eigenvalue weighted by atomic mass is 16.2. The van der Waals surface area contributed by atoms with Gasteiger partial charge >= 0.3 is 0 Å². The fraction of sp³-hybridized carbons (Fsp3) is 0.333. The Labute approximate surface area is 157 Å². The van der Waals surface area contributed by atoms with Gasteiger partial charge in [-0.25, -0.2) is 0 Å². The average Bonchev–Trinajstić information content (AvgIpc) is 3.28. The molecule has 0 bridgehead atoms. The Morgan fingerprint density at radius 3 is 2.63 bits per heavy atom. The van der Waals surface area contributed by atoms with Gasteiger partial charge in [-0.3, -0.25) is 14.2 Å². The second-order valence-corrected chi connectivity index (χ2v) is 7.24. The first-order valence-electron chi connectivity index (χ1n) is 9.57. The average molecular weight is 362 g/mol. The number of aromatic nitrogens is 2. The molecule has 0 spiro atoms. The summed E-state index contributed by atoms with van der Waals surface area (Å²) in [5.74, 6) is -0.102. The standard InChI is InChI=1S/C21H22N4O2/c26-20-15-5-1-2-6-16(15)24(12-4-10-23-13-8-22-9-14-23)19-18(20)17-7-3-11-25(17)21(19)27/h1-3,5-7,11,22H,4,8-10,12-14H2. The lowest BCUT2D eigenvalue weighted by Crippen LogP contribution is -2.43. The molecule has 0 amide bonds. The molecule has 3 aromatic rings. The van der Waals surface area contributed by atoms with Crippen LogP contribution in [0, 0.1) is 0 Å². The first-order valence-corrected chi connectivity index (χ1v) is 9.57. The van der Waals surface area contributed by atoms with Gasteiger partial charge in [0.05, 0.1) is 16.8 Å². The van der Waals surface area contributed by atoms with Crippen molar-refractivity contribution in [3.63, 3.8) is 0 Å². The van der Waals surface area contributed by atoms with Gasteiger partial charge < -0.3 is 14.8 Å². The number of pyridine rings is 1. The summed E-state index contributed by atoms with van der Waals surface area (Å²) in [6.07, 6.45) is 2.69. The zero-order chi connectivity index (χ0) is 18.4. The fourth-order valence-electron chi connectivity index (χ4n) is 4.35. The number of fused-ring (bicyclic) bond motifs is 4. The lowest BCUT2D eigenvalue weighted by Gasteiger charge is -2.27. The van der Waals surface area contributed by atoms with Gasteiger partial charge in [0.1, 0.15) is 5.69 Å². The number of piperazine rings is 1.